The van der Waals surface area contributed by atoms with E-state index in [1.54, 1.807) is 12.4 Å². The number of hydrogen-bond acceptors (Lipinski definition) is 7. The molecule has 0 amide bonds. The fraction of sp³-hybridized carbons (Fsp3) is 0.545. The Kier molecular flexibility index (Phi) is 7.14. The molecule has 2 aliphatic rings. The summed E-state index contributed by atoms with van der Waals surface area (Å²) in [7, 11) is 0. The molecule has 2 aromatic rings. The number of morpholine rings is 1. The van der Waals surface area contributed by atoms with Crippen molar-refractivity contribution in [2.75, 3.05) is 62.2 Å². The lowest BCUT2D eigenvalue weighted by Gasteiger charge is -2.36. The first kappa shape index (κ1) is 21.3. The van der Waals surface area contributed by atoms with Crippen LogP contribution in [0.3, 0.4) is 0 Å². The minimum Gasteiger partial charge on any atom is -0.375 e. The molecule has 9 heteroatoms. The highest BCUT2D eigenvalue weighted by Crippen LogP contribution is 2.16. The van der Waals surface area contributed by atoms with Gasteiger partial charge in [0.05, 0.1) is 19.3 Å². The maximum absolute atomic E-state index is 5.62. The normalized spacial score (nSPS) is 20.1. The molecule has 0 spiro atoms. The SMILES string of the molecule is CCNC(=NCc1ccc(N2CCOC(C)C2)nc1)N1CCN(c2ncccn2)CC1. The van der Waals surface area contributed by atoms with E-state index in [0.717, 1.165) is 75.7 Å². The van der Waals surface area contributed by atoms with Crippen LogP contribution in [0.25, 0.3) is 0 Å². The van der Waals surface area contributed by atoms with Gasteiger partial charge in [-0.3, -0.25) is 0 Å². The number of hydrogen-bond donors (Lipinski definition) is 1. The Bertz CT molecular complexity index is 836. The molecule has 4 rings (SSSR count). The van der Waals surface area contributed by atoms with Crippen molar-refractivity contribution in [3.05, 3.63) is 42.4 Å². The number of piperazine rings is 1. The van der Waals surface area contributed by atoms with Crippen LogP contribution in [0.2, 0.25) is 0 Å². The van der Waals surface area contributed by atoms with Crippen molar-refractivity contribution in [2.45, 2.75) is 26.5 Å². The lowest BCUT2D eigenvalue weighted by molar-refractivity contribution is 0.0529. The minimum absolute atomic E-state index is 0.247. The summed E-state index contributed by atoms with van der Waals surface area (Å²) < 4.78 is 5.62. The Morgan fingerprint density at radius 2 is 1.90 bits per heavy atom. The molecular formula is C22H32N8O. The van der Waals surface area contributed by atoms with Gasteiger partial charge in [-0.25, -0.2) is 19.9 Å². The number of aliphatic imine (C=N–C) groups is 1. The highest BCUT2D eigenvalue weighted by Gasteiger charge is 2.21. The van der Waals surface area contributed by atoms with Crippen molar-refractivity contribution in [3.63, 3.8) is 0 Å². The summed E-state index contributed by atoms with van der Waals surface area (Å²) in [4.78, 5) is 25.1. The summed E-state index contributed by atoms with van der Waals surface area (Å²) in [6.45, 7) is 11.7. The van der Waals surface area contributed by atoms with E-state index in [9.17, 15) is 0 Å². The molecule has 166 valence electrons. The molecule has 1 atom stereocenters. The summed E-state index contributed by atoms with van der Waals surface area (Å²) in [5.41, 5.74) is 1.11. The van der Waals surface area contributed by atoms with Crippen molar-refractivity contribution in [1.82, 2.24) is 25.2 Å². The largest absolute Gasteiger partial charge is 0.375 e. The monoisotopic (exact) mass is 424 g/mol. The van der Waals surface area contributed by atoms with Gasteiger partial charge >= 0.3 is 0 Å². The lowest BCUT2D eigenvalue weighted by atomic mass is 10.2. The van der Waals surface area contributed by atoms with Crippen LogP contribution >= 0.6 is 0 Å². The summed E-state index contributed by atoms with van der Waals surface area (Å²) in [6.07, 6.45) is 5.77. The highest BCUT2D eigenvalue weighted by molar-refractivity contribution is 5.80. The van der Waals surface area contributed by atoms with Crippen LogP contribution in [0, 0.1) is 0 Å². The number of nitrogens with one attached hydrogen (secondary N) is 1. The van der Waals surface area contributed by atoms with Gasteiger partial charge in [-0.1, -0.05) is 6.07 Å². The number of ether oxygens (including phenoxy) is 1. The van der Waals surface area contributed by atoms with Gasteiger partial charge in [-0.2, -0.15) is 0 Å². The summed E-state index contributed by atoms with van der Waals surface area (Å²) >= 11 is 0. The van der Waals surface area contributed by atoms with Crippen molar-refractivity contribution in [1.29, 1.82) is 0 Å². The predicted octanol–water partition coefficient (Wildman–Crippen LogP) is 1.38. The fourth-order valence-corrected chi connectivity index (χ4v) is 3.89. The average molecular weight is 425 g/mol. The number of anilines is 2. The summed E-state index contributed by atoms with van der Waals surface area (Å²) in [6, 6.07) is 6.06. The topological polar surface area (TPSA) is 82.0 Å². The third-order valence-electron chi connectivity index (χ3n) is 5.53. The van der Waals surface area contributed by atoms with Crippen LogP contribution in [-0.4, -0.2) is 84.3 Å². The van der Waals surface area contributed by atoms with Crippen LogP contribution < -0.4 is 15.1 Å². The maximum Gasteiger partial charge on any atom is 0.225 e. The molecule has 1 unspecified atom stereocenters. The van der Waals surface area contributed by atoms with E-state index in [-0.39, 0.29) is 6.10 Å². The first-order chi connectivity index (χ1) is 15.2. The third kappa shape index (κ3) is 5.61. The molecule has 0 saturated carbocycles. The summed E-state index contributed by atoms with van der Waals surface area (Å²) in [5.74, 6) is 2.75. The quantitative estimate of drug-likeness (QED) is 0.570. The van der Waals surface area contributed by atoms with Gasteiger partial charge in [0.1, 0.15) is 5.82 Å². The molecule has 0 aliphatic carbocycles. The third-order valence-corrected chi connectivity index (χ3v) is 5.53. The summed E-state index contributed by atoms with van der Waals surface area (Å²) in [5, 5.41) is 3.43. The number of guanidine groups is 1. The second-order valence-corrected chi connectivity index (χ2v) is 7.85. The van der Waals surface area contributed by atoms with E-state index in [1.807, 2.05) is 12.3 Å². The second-order valence-electron chi connectivity index (χ2n) is 7.85. The van der Waals surface area contributed by atoms with Gasteiger partial charge in [0.25, 0.3) is 0 Å². The second kappa shape index (κ2) is 10.4. The Balaban J connectivity index is 1.34. The van der Waals surface area contributed by atoms with E-state index in [2.05, 4.69) is 60.9 Å². The highest BCUT2D eigenvalue weighted by atomic mass is 16.5. The first-order valence-corrected chi connectivity index (χ1v) is 11.1. The molecule has 1 N–H and O–H groups in total. The van der Waals surface area contributed by atoms with E-state index < -0.39 is 0 Å². The lowest BCUT2D eigenvalue weighted by Crippen LogP contribution is -2.52. The Morgan fingerprint density at radius 1 is 1.10 bits per heavy atom. The van der Waals surface area contributed by atoms with Gasteiger partial charge in [0, 0.05) is 64.4 Å². The molecule has 2 saturated heterocycles. The van der Waals surface area contributed by atoms with Gasteiger partial charge < -0.3 is 24.8 Å². The minimum atomic E-state index is 0.247. The smallest absolute Gasteiger partial charge is 0.225 e. The standard InChI is InChI=1S/C22H32N8O/c1-3-23-21(28-9-11-29(12-10-28)22-24-7-4-8-25-22)27-16-19-5-6-20(26-15-19)30-13-14-31-18(2)17-30/h4-8,15,18H,3,9-14,16-17H2,1-2H3,(H,23,27). The molecule has 2 aromatic heterocycles. The molecule has 2 aliphatic heterocycles. The van der Waals surface area contributed by atoms with Crippen molar-refractivity contribution in [3.8, 4) is 0 Å². The molecule has 0 aromatic carbocycles. The number of pyridine rings is 1. The first-order valence-electron chi connectivity index (χ1n) is 11.1. The van der Waals surface area contributed by atoms with Crippen LogP contribution in [0.15, 0.2) is 41.8 Å². The van der Waals surface area contributed by atoms with E-state index >= 15 is 0 Å². The Hall–Kier alpha value is -2.94. The van der Waals surface area contributed by atoms with Crippen molar-refractivity contribution in [2.24, 2.45) is 4.99 Å². The van der Waals surface area contributed by atoms with E-state index in [4.69, 9.17) is 9.73 Å². The molecule has 2 fully saturated rings. The van der Waals surface area contributed by atoms with Crippen LogP contribution in [0.1, 0.15) is 19.4 Å². The van der Waals surface area contributed by atoms with Crippen LogP contribution in [0.5, 0.6) is 0 Å². The van der Waals surface area contributed by atoms with Gasteiger partial charge in [-0.15, -0.1) is 0 Å². The van der Waals surface area contributed by atoms with E-state index in [1.165, 1.54) is 0 Å². The van der Waals surface area contributed by atoms with Gasteiger partial charge in [0.15, 0.2) is 5.96 Å². The van der Waals surface area contributed by atoms with Gasteiger partial charge in [-0.05, 0) is 31.5 Å². The number of nitrogens with zero attached hydrogens (tertiary/aromatic N) is 7. The average Bonchev–Trinajstić information content (AvgIpc) is 2.83. The molecular weight excluding hydrogens is 392 g/mol. The number of aromatic nitrogens is 3. The Labute approximate surface area is 184 Å². The van der Waals surface area contributed by atoms with Crippen LogP contribution in [-0.2, 0) is 11.3 Å². The Morgan fingerprint density at radius 3 is 2.58 bits per heavy atom. The number of rotatable bonds is 5. The fourth-order valence-electron chi connectivity index (χ4n) is 3.89. The molecule has 0 bridgehead atoms. The van der Waals surface area contributed by atoms with Crippen molar-refractivity contribution < 1.29 is 4.74 Å². The van der Waals surface area contributed by atoms with E-state index in [0.29, 0.717) is 6.54 Å². The zero-order chi connectivity index (χ0) is 21.5. The van der Waals surface area contributed by atoms with Gasteiger partial charge in [0.2, 0.25) is 5.95 Å². The molecule has 0 radical (unpaired) electrons. The predicted molar refractivity (Wildman–Crippen MR) is 122 cm³/mol. The van der Waals surface area contributed by atoms with Crippen molar-refractivity contribution >= 4 is 17.7 Å². The molecule has 9 nitrogen and oxygen atoms in total. The van der Waals surface area contributed by atoms with Crippen LogP contribution in [0.4, 0.5) is 11.8 Å². The molecule has 4 heterocycles. The zero-order valence-corrected chi connectivity index (χ0v) is 18.4. The molecule has 31 heavy (non-hydrogen) atoms. The maximum atomic E-state index is 5.62. The zero-order valence-electron chi connectivity index (χ0n) is 18.4.